The van der Waals surface area contributed by atoms with Gasteiger partial charge in [-0.1, -0.05) is 32.0 Å². The summed E-state index contributed by atoms with van der Waals surface area (Å²) in [6.45, 7) is 4.58. The molecule has 1 aromatic carbocycles. The Morgan fingerprint density at radius 1 is 1.22 bits per heavy atom. The number of para-hydroxylation sites is 1. The van der Waals surface area contributed by atoms with E-state index in [4.69, 9.17) is 14.9 Å². The average Bonchev–Trinajstić information content (AvgIpc) is 2.95. The first-order valence-corrected chi connectivity index (χ1v) is 7.42. The van der Waals surface area contributed by atoms with E-state index in [0.717, 1.165) is 6.42 Å². The standard InChI is InChI=1S/C17H22N2O3.ClH/c1-12(2)10-13(11-18)19-17(20)15-8-9-16(22-15)21-14-6-4-3-5-7-14;/h3-9,12-13H,10-11,18H2,1-2H3,(H,19,20);1H. The van der Waals surface area contributed by atoms with E-state index >= 15 is 0 Å². The third kappa shape index (κ3) is 5.96. The van der Waals surface area contributed by atoms with Gasteiger partial charge in [0.15, 0.2) is 5.76 Å². The molecule has 3 N–H and O–H groups in total. The molecule has 1 aromatic heterocycles. The Morgan fingerprint density at radius 2 is 1.91 bits per heavy atom. The van der Waals surface area contributed by atoms with Gasteiger partial charge in [0.1, 0.15) is 5.75 Å². The van der Waals surface area contributed by atoms with Crippen molar-refractivity contribution in [1.82, 2.24) is 5.32 Å². The van der Waals surface area contributed by atoms with Crippen molar-refractivity contribution >= 4 is 18.3 Å². The van der Waals surface area contributed by atoms with Crippen LogP contribution in [0.1, 0.15) is 30.8 Å². The number of furan rings is 1. The molecule has 0 radical (unpaired) electrons. The second-order valence-electron chi connectivity index (χ2n) is 5.57. The topological polar surface area (TPSA) is 77.5 Å². The largest absolute Gasteiger partial charge is 0.426 e. The Labute approximate surface area is 142 Å². The van der Waals surface area contributed by atoms with Crippen molar-refractivity contribution < 1.29 is 13.9 Å². The van der Waals surface area contributed by atoms with Crippen LogP contribution in [0.2, 0.25) is 0 Å². The monoisotopic (exact) mass is 338 g/mol. The number of carbonyl (C=O) groups excluding carboxylic acids is 1. The molecule has 6 heteroatoms. The highest BCUT2D eigenvalue weighted by Gasteiger charge is 2.17. The molecule has 2 rings (SSSR count). The van der Waals surface area contributed by atoms with Gasteiger partial charge in [-0.2, -0.15) is 0 Å². The molecule has 1 unspecified atom stereocenters. The summed E-state index contributed by atoms with van der Waals surface area (Å²) >= 11 is 0. The Balaban J connectivity index is 0.00000264. The molecule has 1 heterocycles. The number of nitrogens with one attached hydrogen (secondary N) is 1. The number of ether oxygens (including phenoxy) is 1. The lowest BCUT2D eigenvalue weighted by atomic mass is 10.0. The van der Waals surface area contributed by atoms with Crippen molar-refractivity contribution in [2.24, 2.45) is 11.7 Å². The van der Waals surface area contributed by atoms with Gasteiger partial charge in [0.25, 0.3) is 11.9 Å². The van der Waals surface area contributed by atoms with Gasteiger partial charge in [-0.3, -0.25) is 4.79 Å². The molecular weight excluding hydrogens is 316 g/mol. The van der Waals surface area contributed by atoms with Gasteiger partial charge in [0, 0.05) is 18.7 Å². The first-order chi connectivity index (χ1) is 10.6. The number of amides is 1. The zero-order valence-electron chi connectivity index (χ0n) is 13.3. The van der Waals surface area contributed by atoms with E-state index in [1.54, 1.807) is 12.1 Å². The highest BCUT2D eigenvalue weighted by molar-refractivity contribution is 5.91. The number of benzene rings is 1. The first-order valence-electron chi connectivity index (χ1n) is 7.42. The minimum atomic E-state index is -0.279. The van der Waals surface area contributed by atoms with Gasteiger partial charge < -0.3 is 20.2 Å². The number of carbonyl (C=O) groups is 1. The lowest BCUT2D eigenvalue weighted by Crippen LogP contribution is -2.40. The minimum Gasteiger partial charge on any atom is -0.426 e. The molecule has 0 aliphatic heterocycles. The smallest absolute Gasteiger partial charge is 0.290 e. The summed E-state index contributed by atoms with van der Waals surface area (Å²) in [5.41, 5.74) is 5.68. The van der Waals surface area contributed by atoms with Crippen LogP contribution in [0.3, 0.4) is 0 Å². The average molecular weight is 339 g/mol. The van der Waals surface area contributed by atoms with E-state index in [0.29, 0.717) is 18.2 Å². The zero-order chi connectivity index (χ0) is 15.9. The van der Waals surface area contributed by atoms with Crippen LogP contribution >= 0.6 is 12.4 Å². The van der Waals surface area contributed by atoms with Crippen molar-refractivity contribution in [2.75, 3.05) is 6.54 Å². The highest BCUT2D eigenvalue weighted by atomic mass is 35.5. The van der Waals surface area contributed by atoms with Crippen molar-refractivity contribution in [1.29, 1.82) is 0 Å². The van der Waals surface area contributed by atoms with Crippen LogP contribution in [-0.2, 0) is 0 Å². The Morgan fingerprint density at radius 3 is 2.52 bits per heavy atom. The molecule has 0 fully saturated rings. The van der Waals surface area contributed by atoms with E-state index in [1.807, 2.05) is 30.3 Å². The van der Waals surface area contributed by atoms with Gasteiger partial charge in [0.05, 0.1) is 0 Å². The molecular formula is C17H23ClN2O3. The van der Waals surface area contributed by atoms with E-state index in [-0.39, 0.29) is 36.1 Å². The Bertz CT molecular complexity index is 599. The zero-order valence-corrected chi connectivity index (χ0v) is 14.1. The Kier molecular flexibility index (Phi) is 7.65. The molecule has 126 valence electrons. The number of hydrogen-bond acceptors (Lipinski definition) is 4. The summed E-state index contributed by atoms with van der Waals surface area (Å²) in [7, 11) is 0. The normalized spacial score (nSPS) is 11.7. The fourth-order valence-corrected chi connectivity index (χ4v) is 2.14. The molecule has 1 atom stereocenters. The van der Waals surface area contributed by atoms with Crippen LogP contribution < -0.4 is 15.8 Å². The maximum absolute atomic E-state index is 12.1. The summed E-state index contributed by atoms with van der Waals surface area (Å²) in [6.07, 6.45) is 0.830. The molecule has 5 nitrogen and oxygen atoms in total. The van der Waals surface area contributed by atoms with Crippen LogP contribution in [0.15, 0.2) is 46.9 Å². The lowest BCUT2D eigenvalue weighted by molar-refractivity contribution is 0.0900. The predicted octanol–water partition coefficient (Wildman–Crippen LogP) is 3.60. The first kappa shape index (κ1) is 19.1. The van der Waals surface area contributed by atoms with Crippen molar-refractivity contribution in [2.45, 2.75) is 26.3 Å². The molecule has 0 aliphatic rings. The Hall–Kier alpha value is -1.98. The SMILES string of the molecule is CC(C)CC(CN)NC(=O)c1ccc(Oc2ccccc2)o1.Cl. The third-order valence-corrected chi connectivity index (χ3v) is 3.14. The summed E-state index contributed by atoms with van der Waals surface area (Å²) in [6, 6.07) is 12.4. The van der Waals surface area contributed by atoms with Crippen molar-refractivity contribution in [3.05, 3.63) is 48.2 Å². The molecule has 0 aliphatic carbocycles. The van der Waals surface area contributed by atoms with E-state index in [9.17, 15) is 4.79 Å². The van der Waals surface area contributed by atoms with Crippen LogP contribution in [0.5, 0.6) is 11.7 Å². The number of halogens is 1. The molecule has 0 saturated heterocycles. The fourth-order valence-electron chi connectivity index (χ4n) is 2.14. The maximum Gasteiger partial charge on any atom is 0.290 e. The summed E-state index contributed by atoms with van der Waals surface area (Å²) in [5.74, 6) is 1.34. The van der Waals surface area contributed by atoms with Gasteiger partial charge in [-0.05, 0) is 30.5 Å². The summed E-state index contributed by atoms with van der Waals surface area (Å²) in [5, 5.41) is 2.88. The van der Waals surface area contributed by atoms with Gasteiger partial charge in [-0.25, -0.2) is 0 Å². The lowest BCUT2D eigenvalue weighted by Gasteiger charge is -2.17. The van der Waals surface area contributed by atoms with E-state index in [2.05, 4.69) is 19.2 Å². The molecule has 2 aromatic rings. The van der Waals surface area contributed by atoms with E-state index in [1.165, 1.54) is 0 Å². The predicted molar refractivity (Wildman–Crippen MR) is 92.2 cm³/mol. The summed E-state index contributed by atoms with van der Waals surface area (Å²) < 4.78 is 11.0. The number of hydrogen-bond donors (Lipinski definition) is 2. The molecule has 0 bridgehead atoms. The van der Waals surface area contributed by atoms with Gasteiger partial charge in [0.2, 0.25) is 0 Å². The highest BCUT2D eigenvalue weighted by Crippen LogP contribution is 2.23. The molecule has 1 amide bonds. The fraction of sp³-hybridized carbons (Fsp3) is 0.353. The number of nitrogens with two attached hydrogens (primary N) is 1. The van der Waals surface area contributed by atoms with Crippen LogP contribution in [0.25, 0.3) is 0 Å². The van der Waals surface area contributed by atoms with Crippen molar-refractivity contribution in [3.63, 3.8) is 0 Å². The van der Waals surface area contributed by atoms with Crippen LogP contribution in [0, 0.1) is 5.92 Å². The third-order valence-electron chi connectivity index (χ3n) is 3.14. The van der Waals surface area contributed by atoms with Crippen molar-refractivity contribution in [3.8, 4) is 11.7 Å². The van der Waals surface area contributed by atoms with E-state index < -0.39 is 0 Å². The molecule has 23 heavy (non-hydrogen) atoms. The van der Waals surface area contributed by atoms with Crippen LogP contribution in [0.4, 0.5) is 0 Å². The summed E-state index contributed by atoms with van der Waals surface area (Å²) in [4.78, 5) is 12.1. The number of rotatable bonds is 7. The quantitative estimate of drug-likeness (QED) is 0.808. The van der Waals surface area contributed by atoms with Gasteiger partial charge in [-0.15, -0.1) is 12.4 Å². The van der Waals surface area contributed by atoms with Crippen LogP contribution in [-0.4, -0.2) is 18.5 Å². The molecule has 0 spiro atoms. The molecule has 0 saturated carbocycles. The maximum atomic E-state index is 12.1. The second-order valence-corrected chi connectivity index (χ2v) is 5.57. The van der Waals surface area contributed by atoms with Gasteiger partial charge >= 0.3 is 0 Å². The second kappa shape index (κ2) is 9.22. The minimum absolute atomic E-state index is 0.